The number of ether oxygens (including phenoxy) is 1. The molecule has 98 valence electrons. The first kappa shape index (κ1) is 14.3. The fourth-order valence-electron chi connectivity index (χ4n) is 1.55. The average Bonchev–Trinajstić information content (AvgIpc) is 2.36. The number of primary amides is 1. The van der Waals surface area contributed by atoms with Crippen molar-refractivity contribution in [1.29, 1.82) is 0 Å². The molecule has 0 fully saturated rings. The summed E-state index contributed by atoms with van der Waals surface area (Å²) in [4.78, 5) is 10.6. The average molecular weight is 248 g/mol. The molecule has 4 heteroatoms. The van der Waals surface area contributed by atoms with Crippen LogP contribution in [0.4, 0.5) is 0 Å². The Balaban J connectivity index is 2.36. The predicted molar refractivity (Wildman–Crippen MR) is 72.3 cm³/mol. The maximum Gasteiger partial charge on any atom is 0.217 e. The Kier molecular flexibility index (Phi) is 6.58. The molecule has 0 radical (unpaired) electrons. The van der Waals surface area contributed by atoms with Crippen LogP contribution in [0.3, 0.4) is 0 Å². The van der Waals surface area contributed by atoms with Crippen molar-refractivity contribution in [3.63, 3.8) is 0 Å². The van der Waals surface area contributed by atoms with E-state index in [0.717, 1.165) is 24.3 Å². The van der Waals surface area contributed by atoms with Gasteiger partial charge in [-0.05, 0) is 19.0 Å². The van der Waals surface area contributed by atoms with Gasteiger partial charge in [-0.1, -0.05) is 30.9 Å². The number of hydrogen-bond acceptors (Lipinski definition) is 3. The predicted octanol–water partition coefficient (Wildman–Crippen LogP) is 1.61. The SMILES string of the molecule is C=CCOc1ccccc1CNCCCC(N)=O. The zero-order valence-electron chi connectivity index (χ0n) is 10.5. The van der Waals surface area contributed by atoms with E-state index in [2.05, 4.69) is 11.9 Å². The molecule has 0 unspecified atom stereocenters. The summed E-state index contributed by atoms with van der Waals surface area (Å²) in [6.45, 7) is 5.60. The van der Waals surface area contributed by atoms with Crippen LogP contribution in [-0.4, -0.2) is 19.1 Å². The van der Waals surface area contributed by atoms with E-state index in [0.29, 0.717) is 19.6 Å². The summed E-state index contributed by atoms with van der Waals surface area (Å²) in [6.07, 6.45) is 2.89. The molecule has 1 rings (SSSR count). The van der Waals surface area contributed by atoms with Crippen molar-refractivity contribution < 1.29 is 9.53 Å². The van der Waals surface area contributed by atoms with E-state index in [1.807, 2.05) is 24.3 Å². The molecule has 1 aromatic carbocycles. The summed E-state index contributed by atoms with van der Waals surface area (Å²) in [5.74, 6) is 0.603. The minimum atomic E-state index is -0.258. The number of amides is 1. The van der Waals surface area contributed by atoms with E-state index < -0.39 is 0 Å². The highest BCUT2D eigenvalue weighted by Crippen LogP contribution is 2.17. The lowest BCUT2D eigenvalue weighted by Crippen LogP contribution is -2.18. The standard InChI is InChI=1S/C14H20N2O2/c1-2-10-18-13-7-4-3-6-12(13)11-16-9-5-8-14(15)17/h2-4,6-7,16H,1,5,8-11H2,(H2,15,17). The van der Waals surface area contributed by atoms with Gasteiger partial charge in [0.05, 0.1) is 0 Å². The molecule has 0 saturated heterocycles. The molecule has 0 aliphatic carbocycles. The normalized spacial score (nSPS) is 10.0. The smallest absolute Gasteiger partial charge is 0.217 e. The number of carbonyl (C=O) groups is 1. The zero-order chi connectivity index (χ0) is 13.2. The first-order chi connectivity index (χ1) is 8.74. The van der Waals surface area contributed by atoms with E-state index in [1.165, 1.54) is 0 Å². The minimum Gasteiger partial charge on any atom is -0.489 e. The molecule has 0 atom stereocenters. The topological polar surface area (TPSA) is 64.3 Å². The molecule has 0 aliphatic rings. The highest BCUT2D eigenvalue weighted by molar-refractivity contribution is 5.73. The summed E-state index contributed by atoms with van der Waals surface area (Å²) >= 11 is 0. The molecule has 0 aromatic heterocycles. The second-order valence-corrected chi connectivity index (χ2v) is 3.95. The van der Waals surface area contributed by atoms with Crippen LogP contribution in [0.25, 0.3) is 0 Å². The monoisotopic (exact) mass is 248 g/mol. The Hall–Kier alpha value is -1.81. The number of nitrogens with two attached hydrogens (primary N) is 1. The highest BCUT2D eigenvalue weighted by Gasteiger charge is 2.01. The number of hydrogen-bond donors (Lipinski definition) is 2. The molecule has 0 bridgehead atoms. The number of para-hydroxylation sites is 1. The minimum absolute atomic E-state index is 0.258. The van der Waals surface area contributed by atoms with E-state index in [4.69, 9.17) is 10.5 Å². The number of carbonyl (C=O) groups excluding carboxylic acids is 1. The number of nitrogens with one attached hydrogen (secondary N) is 1. The summed E-state index contributed by atoms with van der Waals surface area (Å²) < 4.78 is 5.55. The van der Waals surface area contributed by atoms with Gasteiger partial charge >= 0.3 is 0 Å². The Labute approximate surface area is 108 Å². The number of rotatable bonds is 9. The van der Waals surface area contributed by atoms with Gasteiger partial charge in [-0.15, -0.1) is 0 Å². The molecule has 0 heterocycles. The second kappa shape index (κ2) is 8.31. The van der Waals surface area contributed by atoms with Crippen LogP contribution in [0.2, 0.25) is 0 Å². The van der Waals surface area contributed by atoms with Gasteiger partial charge in [0.15, 0.2) is 0 Å². The molecule has 4 nitrogen and oxygen atoms in total. The maximum atomic E-state index is 10.6. The quantitative estimate of drug-likeness (QED) is 0.515. The Bertz CT molecular complexity index is 391. The van der Waals surface area contributed by atoms with Gasteiger partial charge in [-0.25, -0.2) is 0 Å². The van der Waals surface area contributed by atoms with Gasteiger partial charge in [0.2, 0.25) is 5.91 Å². The van der Waals surface area contributed by atoms with Crippen molar-refractivity contribution in [2.45, 2.75) is 19.4 Å². The van der Waals surface area contributed by atoms with Crippen molar-refractivity contribution in [2.24, 2.45) is 5.73 Å². The van der Waals surface area contributed by atoms with Crippen LogP contribution in [0, 0.1) is 0 Å². The molecule has 3 N–H and O–H groups in total. The molecule has 18 heavy (non-hydrogen) atoms. The summed E-state index contributed by atoms with van der Waals surface area (Å²) in [5, 5.41) is 3.26. The lowest BCUT2D eigenvalue weighted by atomic mass is 10.2. The summed E-state index contributed by atoms with van der Waals surface area (Å²) in [5.41, 5.74) is 6.16. The fourth-order valence-corrected chi connectivity index (χ4v) is 1.55. The molecule has 0 spiro atoms. The first-order valence-corrected chi connectivity index (χ1v) is 6.04. The van der Waals surface area contributed by atoms with Crippen LogP contribution >= 0.6 is 0 Å². The van der Waals surface area contributed by atoms with Crippen molar-refractivity contribution in [2.75, 3.05) is 13.2 Å². The van der Waals surface area contributed by atoms with Crippen LogP contribution in [0.15, 0.2) is 36.9 Å². The van der Waals surface area contributed by atoms with E-state index in [9.17, 15) is 4.79 Å². The molecular weight excluding hydrogens is 228 g/mol. The van der Waals surface area contributed by atoms with Crippen LogP contribution in [-0.2, 0) is 11.3 Å². The molecular formula is C14H20N2O2. The van der Waals surface area contributed by atoms with Gasteiger partial charge in [0, 0.05) is 18.5 Å². The third-order valence-corrected chi connectivity index (χ3v) is 2.42. The Morgan fingerprint density at radius 3 is 2.94 bits per heavy atom. The van der Waals surface area contributed by atoms with Crippen LogP contribution in [0.5, 0.6) is 5.75 Å². The van der Waals surface area contributed by atoms with Gasteiger partial charge in [-0.2, -0.15) is 0 Å². The molecule has 0 saturated carbocycles. The van der Waals surface area contributed by atoms with Crippen LogP contribution < -0.4 is 15.8 Å². The number of benzene rings is 1. The largest absolute Gasteiger partial charge is 0.489 e. The van der Waals surface area contributed by atoms with Gasteiger partial charge in [0.1, 0.15) is 12.4 Å². The van der Waals surface area contributed by atoms with Crippen molar-refractivity contribution >= 4 is 5.91 Å². The summed E-state index contributed by atoms with van der Waals surface area (Å²) in [7, 11) is 0. The van der Waals surface area contributed by atoms with Crippen molar-refractivity contribution in [1.82, 2.24) is 5.32 Å². The maximum absolute atomic E-state index is 10.6. The second-order valence-electron chi connectivity index (χ2n) is 3.95. The fraction of sp³-hybridized carbons (Fsp3) is 0.357. The van der Waals surface area contributed by atoms with Crippen molar-refractivity contribution in [3.05, 3.63) is 42.5 Å². The van der Waals surface area contributed by atoms with Gasteiger partial charge < -0.3 is 15.8 Å². The third-order valence-electron chi connectivity index (χ3n) is 2.42. The van der Waals surface area contributed by atoms with E-state index in [-0.39, 0.29) is 5.91 Å². The molecule has 1 aromatic rings. The molecule has 0 aliphatic heterocycles. The lowest BCUT2D eigenvalue weighted by molar-refractivity contribution is -0.118. The van der Waals surface area contributed by atoms with E-state index >= 15 is 0 Å². The first-order valence-electron chi connectivity index (χ1n) is 6.04. The third kappa shape index (κ3) is 5.50. The Morgan fingerprint density at radius 2 is 2.22 bits per heavy atom. The van der Waals surface area contributed by atoms with E-state index in [1.54, 1.807) is 6.08 Å². The molecule has 1 amide bonds. The van der Waals surface area contributed by atoms with Gasteiger partial charge in [-0.3, -0.25) is 4.79 Å². The van der Waals surface area contributed by atoms with Crippen LogP contribution in [0.1, 0.15) is 18.4 Å². The van der Waals surface area contributed by atoms with Crippen molar-refractivity contribution in [3.8, 4) is 5.75 Å². The highest BCUT2D eigenvalue weighted by atomic mass is 16.5. The zero-order valence-corrected chi connectivity index (χ0v) is 10.5. The lowest BCUT2D eigenvalue weighted by Gasteiger charge is -2.10. The van der Waals surface area contributed by atoms with Gasteiger partial charge in [0.25, 0.3) is 0 Å². The summed E-state index contributed by atoms with van der Waals surface area (Å²) in [6, 6.07) is 7.86. The Morgan fingerprint density at radius 1 is 1.44 bits per heavy atom.